The molecule has 8 nitrogen and oxygen atoms in total. The van der Waals surface area contributed by atoms with E-state index in [1.165, 1.54) is 0 Å². The van der Waals surface area contributed by atoms with Crippen LogP contribution in [0, 0.1) is 34.8 Å². The number of hydrogen-bond acceptors (Lipinski definition) is 6. The number of nitrogens with one attached hydrogen (secondary N) is 1. The van der Waals surface area contributed by atoms with Gasteiger partial charge in [0.05, 0.1) is 6.42 Å². The summed E-state index contributed by atoms with van der Waals surface area (Å²) in [6.07, 6.45) is 0.000119. The average molecular weight is 376 g/mol. The van der Waals surface area contributed by atoms with Gasteiger partial charge >= 0.3 is 5.97 Å². The van der Waals surface area contributed by atoms with E-state index in [0.29, 0.717) is 6.54 Å². The number of nitro groups is 1. The van der Waals surface area contributed by atoms with Crippen LogP contribution in [0.5, 0.6) is 0 Å². The van der Waals surface area contributed by atoms with Crippen molar-refractivity contribution in [1.82, 2.24) is 5.32 Å². The molecule has 27 heavy (non-hydrogen) atoms. The topological polar surface area (TPSA) is 116 Å². The maximum Gasteiger partial charge on any atom is 0.307 e. The van der Waals surface area contributed by atoms with Crippen molar-refractivity contribution in [2.45, 2.75) is 33.2 Å². The summed E-state index contributed by atoms with van der Waals surface area (Å²) in [5.41, 5.74) is 2.01. The Labute approximate surface area is 157 Å². The molecule has 0 radical (unpaired) electrons. The number of aryl methyl sites for hydroxylation is 1. The smallest absolute Gasteiger partial charge is 0.307 e. The quantitative estimate of drug-likeness (QED) is 0.419. The summed E-state index contributed by atoms with van der Waals surface area (Å²) in [6.45, 7) is 3.24. The van der Waals surface area contributed by atoms with E-state index in [2.05, 4.69) is 5.32 Å². The Morgan fingerprint density at radius 2 is 2.04 bits per heavy atom. The Kier molecular flexibility index (Phi) is 7.04. The molecule has 1 aliphatic carbocycles. The Morgan fingerprint density at radius 3 is 2.70 bits per heavy atom. The summed E-state index contributed by atoms with van der Waals surface area (Å²) >= 11 is 0. The van der Waals surface area contributed by atoms with Crippen LogP contribution >= 0.6 is 0 Å². The van der Waals surface area contributed by atoms with Crippen molar-refractivity contribution in [1.29, 1.82) is 0 Å². The van der Waals surface area contributed by atoms with E-state index in [-0.39, 0.29) is 31.1 Å². The van der Waals surface area contributed by atoms with Crippen molar-refractivity contribution in [2.24, 2.45) is 17.8 Å². The first-order valence-electron chi connectivity index (χ1n) is 8.89. The molecule has 0 unspecified atom stereocenters. The highest BCUT2D eigenvalue weighted by molar-refractivity contribution is 5.88. The van der Waals surface area contributed by atoms with Gasteiger partial charge in [-0.3, -0.25) is 24.5 Å². The summed E-state index contributed by atoms with van der Waals surface area (Å²) in [5.74, 6) is -2.63. The van der Waals surface area contributed by atoms with Crippen LogP contribution in [-0.2, 0) is 25.7 Å². The lowest BCUT2D eigenvalue weighted by Crippen LogP contribution is -2.31. The second-order valence-electron chi connectivity index (χ2n) is 7.00. The van der Waals surface area contributed by atoms with Crippen molar-refractivity contribution in [3.05, 3.63) is 45.5 Å². The number of ketones is 1. The van der Waals surface area contributed by atoms with Crippen LogP contribution in [0.2, 0.25) is 0 Å². The predicted octanol–water partition coefficient (Wildman–Crippen LogP) is 1.66. The molecule has 0 saturated heterocycles. The van der Waals surface area contributed by atoms with Gasteiger partial charge in [-0.2, -0.15) is 0 Å². The minimum Gasteiger partial charge on any atom is -0.456 e. The van der Waals surface area contributed by atoms with Gasteiger partial charge in [-0.15, -0.1) is 0 Å². The molecule has 3 atom stereocenters. The van der Waals surface area contributed by atoms with E-state index in [0.717, 1.165) is 11.1 Å². The summed E-state index contributed by atoms with van der Waals surface area (Å²) in [4.78, 5) is 46.2. The maximum atomic E-state index is 12.0. The number of rotatable bonds is 8. The van der Waals surface area contributed by atoms with Crippen molar-refractivity contribution < 1.29 is 24.0 Å². The number of Topliss-reactive ketones (excluding diaryl/α,β-unsaturated/α-hetero) is 1. The van der Waals surface area contributed by atoms with Crippen molar-refractivity contribution in [2.75, 3.05) is 13.2 Å². The normalized spacial score (nSPS) is 21.7. The first-order chi connectivity index (χ1) is 12.8. The van der Waals surface area contributed by atoms with E-state index in [9.17, 15) is 24.5 Å². The molecule has 1 amide bonds. The number of esters is 1. The fourth-order valence-corrected chi connectivity index (χ4v) is 3.44. The zero-order valence-corrected chi connectivity index (χ0v) is 15.5. The minimum absolute atomic E-state index is 0.141. The molecule has 1 aliphatic rings. The van der Waals surface area contributed by atoms with Gasteiger partial charge < -0.3 is 10.1 Å². The first kappa shape index (κ1) is 20.5. The van der Waals surface area contributed by atoms with Crippen LogP contribution in [0.25, 0.3) is 0 Å². The molecule has 0 aromatic heterocycles. The van der Waals surface area contributed by atoms with Crippen LogP contribution in [0.4, 0.5) is 0 Å². The second-order valence-corrected chi connectivity index (χ2v) is 7.00. The Morgan fingerprint density at radius 1 is 1.33 bits per heavy atom. The molecular formula is C19H24N2O6. The van der Waals surface area contributed by atoms with Gasteiger partial charge in [0.25, 0.3) is 5.91 Å². The van der Waals surface area contributed by atoms with Gasteiger partial charge in [0, 0.05) is 29.7 Å². The van der Waals surface area contributed by atoms with Gasteiger partial charge in [0.1, 0.15) is 5.78 Å². The highest BCUT2D eigenvalue weighted by Gasteiger charge is 2.44. The Bertz CT molecular complexity index is 733. The molecule has 1 N–H and O–H groups in total. The number of carbonyl (C=O) groups excluding carboxylic acids is 3. The Hall–Kier alpha value is -2.77. The third-order valence-corrected chi connectivity index (χ3v) is 5.03. The van der Waals surface area contributed by atoms with Crippen LogP contribution < -0.4 is 5.32 Å². The minimum atomic E-state index is -0.715. The standard InChI is InChI=1S/C19H24N2O6/c1-12-5-3-4-6-14(12)9-20-18(23)11-27-19(24)8-15-16(10-21(25)26)13(2)7-17(15)22/h3-6,13,15-16H,7-11H2,1-2H3,(H,20,23)/t13-,15-,16+/m1/s1. The number of benzene rings is 1. The van der Waals surface area contributed by atoms with Crippen LogP contribution in [0.3, 0.4) is 0 Å². The highest BCUT2D eigenvalue weighted by Crippen LogP contribution is 2.36. The van der Waals surface area contributed by atoms with Crippen molar-refractivity contribution in [3.8, 4) is 0 Å². The number of nitrogens with zero attached hydrogens (tertiary/aromatic N) is 1. The molecule has 1 fully saturated rings. The molecular weight excluding hydrogens is 352 g/mol. The van der Waals surface area contributed by atoms with E-state index >= 15 is 0 Å². The predicted molar refractivity (Wildman–Crippen MR) is 96.2 cm³/mol. The average Bonchev–Trinajstić information content (AvgIpc) is 2.85. The monoisotopic (exact) mass is 376 g/mol. The van der Waals surface area contributed by atoms with Crippen LogP contribution in [-0.4, -0.2) is 35.7 Å². The molecule has 2 rings (SSSR count). The number of amides is 1. The summed E-state index contributed by atoms with van der Waals surface area (Å²) < 4.78 is 4.95. The molecule has 1 aromatic rings. The number of carbonyl (C=O) groups is 3. The van der Waals surface area contributed by atoms with E-state index < -0.39 is 35.2 Å². The second kappa shape index (κ2) is 9.25. The van der Waals surface area contributed by atoms with Crippen LogP contribution in [0.1, 0.15) is 30.9 Å². The molecule has 0 heterocycles. The van der Waals surface area contributed by atoms with Gasteiger partial charge in [-0.05, 0) is 24.0 Å². The van der Waals surface area contributed by atoms with Gasteiger partial charge in [-0.1, -0.05) is 31.2 Å². The third-order valence-electron chi connectivity index (χ3n) is 5.03. The molecule has 0 bridgehead atoms. The number of ether oxygens (including phenoxy) is 1. The molecule has 8 heteroatoms. The maximum absolute atomic E-state index is 12.0. The summed E-state index contributed by atoms with van der Waals surface area (Å²) in [6, 6.07) is 7.60. The SMILES string of the molecule is Cc1ccccc1CNC(=O)COC(=O)C[C@H]1C(=O)C[C@@H](C)[C@@H]1C[N+](=O)[O-]. The first-order valence-corrected chi connectivity index (χ1v) is 8.89. The van der Waals surface area contributed by atoms with Gasteiger partial charge in [0.2, 0.25) is 6.54 Å². The van der Waals surface area contributed by atoms with Crippen LogP contribution in [0.15, 0.2) is 24.3 Å². The summed E-state index contributed by atoms with van der Waals surface area (Å²) in [5, 5.41) is 13.5. The largest absolute Gasteiger partial charge is 0.456 e. The highest BCUT2D eigenvalue weighted by atomic mass is 16.6. The molecule has 1 saturated carbocycles. The van der Waals surface area contributed by atoms with E-state index in [4.69, 9.17) is 4.74 Å². The van der Waals surface area contributed by atoms with Gasteiger partial charge in [0.15, 0.2) is 6.61 Å². The summed E-state index contributed by atoms with van der Waals surface area (Å²) in [7, 11) is 0. The Balaban J connectivity index is 1.79. The van der Waals surface area contributed by atoms with Crippen molar-refractivity contribution in [3.63, 3.8) is 0 Å². The molecule has 0 spiro atoms. The lowest BCUT2D eigenvalue weighted by molar-refractivity contribution is -0.490. The van der Waals surface area contributed by atoms with Gasteiger partial charge in [-0.25, -0.2) is 0 Å². The lowest BCUT2D eigenvalue weighted by atomic mass is 9.88. The zero-order valence-electron chi connectivity index (χ0n) is 15.5. The lowest BCUT2D eigenvalue weighted by Gasteiger charge is -2.17. The molecule has 1 aromatic carbocycles. The van der Waals surface area contributed by atoms with E-state index in [1.807, 2.05) is 31.2 Å². The third kappa shape index (κ3) is 5.87. The molecule has 146 valence electrons. The number of hydrogen-bond donors (Lipinski definition) is 1. The zero-order chi connectivity index (χ0) is 20.0. The van der Waals surface area contributed by atoms with E-state index in [1.54, 1.807) is 6.92 Å². The molecule has 0 aliphatic heterocycles. The van der Waals surface area contributed by atoms with Crippen molar-refractivity contribution >= 4 is 17.7 Å². The fraction of sp³-hybridized carbons (Fsp3) is 0.526. The fourth-order valence-electron chi connectivity index (χ4n) is 3.44.